The summed E-state index contributed by atoms with van der Waals surface area (Å²) in [4.78, 5) is 37.3. The van der Waals surface area contributed by atoms with Crippen LogP contribution < -0.4 is 0 Å². The molecule has 0 atom stereocenters. The third-order valence-electron chi connectivity index (χ3n) is 4.05. The fourth-order valence-electron chi connectivity index (χ4n) is 2.76. The van der Waals surface area contributed by atoms with Crippen molar-refractivity contribution in [2.24, 2.45) is 0 Å². The fraction of sp³-hybridized carbons (Fsp3) is 0.250. The average Bonchev–Trinajstić information content (AvgIpc) is 2.77. The molecule has 1 heterocycles. The summed E-state index contributed by atoms with van der Waals surface area (Å²) < 4.78 is 4.85. The van der Waals surface area contributed by atoms with Gasteiger partial charge in [-0.1, -0.05) is 30.3 Å². The molecule has 1 aliphatic heterocycles. The van der Waals surface area contributed by atoms with E-state index >= 15 is 0 Å². The Balaban J connectivity index is 1.80. The van der Waals surface area contributed by atoms with Crippen molar-refractivity contribution >= 4 is 29.3 Å². The molecule has 1 aliphatic rings. The third-order valence-corrected chi connectivity index (χ3v) is 5.16. The van der Waals surface area contributed by atoms with Gasteiger partial charge in [0.25, 0.3) is 0 Å². The standard InChI is InChI=1S/C20H18O4S/c1-2-24-19(22)10-9-17(21)13-7-8-16-18(11-13)25-12-14-5-3-4-6-15(14)20(16)23/h3-8,11H,2,9-10,12H2,1H3. The summed E-state index contributed by atoms with van der Waals surface area (Å²) in [5.74, 6) is 0.187. The summed E-state index contributed by atoms with van der Waals surface area (Å²) in [6.45, 7) is 2.05. The van der Waals surface area contributed by atoms with Crippen LogP contribution in [0.3, 0.4) is 0 Å². The molecule has 0 fully saturated rings. The predicted molar refractivity (Wildman–Crippen MR) is 96.1 cm³/mol. The molecule has 5 heteroatoms. The van der Waals surface area contributed by atoms with Crippen molar-refractivity contribution < 1.29 is 19.1 Å². The number of benzene rings is 2. The van der Waals surface area contributed by atoms with E-state index in [1.54, 1.807) is 36.9 Å². The first-order valence-electron chi connectivity index (χ1n) is 8.18. The van der Waals surface area contributed by atoms with E-state index in [9.17, 15) is 14.4 Å². The molecule has 0 bridgehead atoms. The number of ketones is 2. The third kappa shape index (κ3) is 3.82. The Kier molecular flexibility index (Phi) is 5.34. The van der Waals surface area contributed by atoms with Crippen LogP contribution >= 0.6 is 11.8 Å². The van der Waals surface area contributed by atoms with Crippen LogP contribution in [0.2, 0.25) is 0 Å². The van der Waals surface area contributed by atoms with Gasteiger partial charge in [-0.3, -0.25) is 14.4 Å². The molecular weight excluding hydrogens is 336 g/mol. The molecule has 0 aromatic heterocycles. The van der Waals surface area contributed by atoms with E-state index in [1.807, 2.05) is 24.3 Å². The number of ether oxygens (including phenoxy) is 1. The summed E-state index contributed by atoms with van der Waals surface area (Å²) in [6, 6.07) is 12.7. The lowest BCUT2D eigenvalue weighted by molar-refractivity contribution is -0.143. The molecule has 0 spiro atoms. The number of thioether (sulfide) groups is 1. The molecule has 25 heavy (non-hydrogen) atoms. The zero-order chi connectivity index (χ0) is 17.8. The van der Waals surface area contributed by atoms with Crippen LogP contribution in [0.1, 0.15) is 51.6 Å². The number of fused-ring (bicyclic) bond motifs is 2. The van der Waals surface area contributed by atoms with Crippen molar-refractivity contribution in [3.63, 3.8) is 0 Å². The molecule has 2 aromatic carbocycles. The van der Waals surface area contributed by atoms with Crippen LogP contribution in [0.25, 0.3) is 0 Å². The molecule has 0 saturated carbocycles. The lowest BCUT2D eigenvalue weighted by Gasteiger charge is -2.07. The Labute approximate surface area is 150 Å². The molecule has 0 radical (unpaired) electrons. The van der Waals surface area contributed by atoms with Crippen LogP contribution in [0.4, 0.5) is 0 Å². The van der Waals surface area contributed by atoms with Crippen LogP contribution in [0.5, 0.6) is 0 Å². The van der Waals surface area contributed by atoms with Crippen molar-refractivity contribution in [1.82, 2.24) is 0 Å². The van der Waals surface area contributed by atoms with Crippen molar-refractivity contribution in [2.45, 2.75) is 30.4 Å². The highest BCUT2D eigenvalue weighted by Gasteiger charge is 2.22. The molecule has 0 N–H and O–H groups in total. The molecule has 0 unspecified atom stereocenters. The lowest BCUT2D eigenvalue weighted by atomic mass is 9.97. The Morgan fingerprint density at radius 1 is 1.08 bits per heavy atom. The number of rotatable bonds is 5. The van der Waals surface area contributed by atoms with Gasteiger partial charge in [-0.15, -0.1) is 11.8 Å². The maximum absolute atomic E-state index is 12.7. The summed E-state index contributed by atoms with van der Waals surface area (Å²) in [7, 11) is 0. The number of carbonyl (C=O) groups excluding carboxylic acids is 3. The highest BCUT2D eigenvalue weighted by molar-refractivity contribution is 7.98. The van der Waals surface area contributed by atoms with Gasteiger partial charge in [-0.25, -0.2) is 0 Å². The minimum absolute atomic E-state index is 0.0128. The fourth-order valence-corrected chi connectivity index (χ4v) is 3.85. The minimum Gasteiger partial charge on any atom is -0.466 e. The Hall–Kier alpha value is -2.40. The molecule has 128 valence electrons. The quantitative estimate of drug-likeness (QED) is 0.599. The maximum Gasteiger partial charge on any atom is 0.306 e. The summed E-state index contributed by atoms with van der Waals surface area (Å²) in [5.41, 5.74) is 2.87. The second-order valence-electron chi connectivity index (χ2n) is 5.71. The van der Waals surface area contributed by atoms with Gasteiger partial charge in [-0.2, -0.15) is 0 Å². The molecule has 3 rings (SSSR count). The molecule has 0 saturated heterocycles. The zero-order valence-electron chi connectivity index (χ0n) is 13.9. The van der Waals surface area contributed by atoms with Crippen molar-refractivity contribution in [3.05, 3.63) is 64.7 Å². The average molecular weight is 354 g/mol. The van der Waals surface area contributed by atoms with Gasteiger partial charge in [-0.05, 0) is 24.6 Å². The first-order valence-corrected chi connectivity index (χ1v) is 9.17. The van der Waals surface area contributed by atoms with Crippen LogP contribution in [0.15, 0.2) is 47.4 Å². The minimum atomic E-state index is -0.370. The second-order valence-corrected chi connectivity index (χ2v) is 6.73. The van der Waals surface area contributed by atoms with Crippen molar-refractivity contribution in [3.8, 4) is 0 Å². The van der Waals surface area contributed by atoms with E-state index in [2.05, 4.69) is 0 Å². The maximum atomic E-state index is 12.7. The monoisotopic (exact) mass is 354 g/mol. The molecular formula is C20H18O4S. The van der Waals surface area contributed by atoms with Crippen molar-refractivity contribution in [1.29, 1.82) is 0 Å². The number of carbonyl (C=O) groups is 3. The number of Topliss-reactive ketones (excluding diaryl/α,β-unsaturated/α-hetero) is 1. The first kappa shape index (κ1) is 17.4. The Morgan fingerprint density at radius 2 is 1.88 bits per heavy atom. The summed E-state index contributed by atoms with van der Waals surface area (Å²) >= 11 is 1.56. The Bertz CT molecular complexity index is 841. The van der Waals surface area contributed by atoms with E-state index in [-0.39, 0.29) is 30.4 Å². The number of hydrogen-bond donors (Lipinski definition) is 0. The molecule has 4 nitrogen and oxygen atoms in total. The predicted octanol–water partition coefficient (Wildman–Crippen LogP) is 4.05. The van der Waals surface area contributed by atoms with Gasteiger partial charge in [0.1, 0.15) is 0 Å². The second kappa shape index (κ2) is 7.66. The number of esters is 1. The van der Waals surface area contributed by atoms with E-state index in [0.717, 1.165) is 16.0 Å². The van der Waals surface area contributed by atoms with E-state index in [1.165, 1.54) is 0 Å². The summed E-state index contributed by atoms with van der Waals surface area (Å²) in [5, 5.41) is 0. The zero-order valence-corrected chi connectivity index (χ0v) is 14.7. The van der Waals surface area contributed by atoms with E-state index in [0.29, 0.717) is 23.5 Å². The Morgan fingerprint density at radius 3 is 2.68 bits per heavy atom. The van der Waals surface area contributed by atoms with Crippen LogP contribution in [0, 0.1) is 0 Å². The smallest absolute Gasteiger partial charge is 0.306 e. The van der Waals surface area contributed by atoms with Gasteiger partial charge in [0.15, 0.2) is 11.6 Å². The van der Waals surface area contributed by atoms with Gasteiger partial charge < -0.3 is 4.74 Å². The van der Waals surface area contributed by atoms with Crippen LogP contribution in [-0.4, -0.2) is 24.1 Å². The highest BCUT2D eigenvalue weighted by Crippen LogP contribution is 2.34. The van der Waals surface area contributed by atoms with Gasteiger partial charge in [0.2, 0.25) is 0 Å². The van der Waals surface area contributed by atoms with E-state index in [4.69, 9.17) is 4.74 Å². The van der Waals surface area contributed by atoms with Gasteiger partial charge in [0.05, 0.1) is 13.0 Å². The van der Waals surface area contributed by atoms with E-state index < -0.39 is 0 Å². The van der Waals surface area contributed by atoms with Crippen LogP contribution in [-0.2, 0) is 15.3 Å². The van der Waals surface area contributed by atoms with Gasteiger partial charge in [0, 0.05) is 33.8 Å². The highest BCUT2D eigenvalue weighted by atomic mass is 32.2. The molecule has 2 aromatic rings. The SMILES string of the molecule is CCOC(=O)CCC(=O)c1ccc2c(c1)SCc1ccccc1C2=O. The molecule has 0 amide bonds. The lowest BCUT2D eigenvalue weighted by Crippen LogP contribution is -2.09. The normalized spacial score (nSPS) is 12.8. The largest absolute Gasteiger partial charge is 0.466 e. The summed E-state index contributed by atoms with van der Waals surface area (Å²) in [6.07, 6.45) is 0.178. The topological polar surface area (TPSA) is 60.4 Å². The van der Waals surface area contributed by atoms with Crippen molar-refractivity contribution in [2.75, 3.05) is 6.61 Å². The van der Waals surface area contributed by atoms with Gasteiger partial charge >= 0.3 is 5.97 Å². The molecule has 0 aliphatic carbocycles. The first-order chi connectivity index (χ1) is 12.1. The number of hydrogen-bond acceptors (Lipinski definition) is 5.